The molecule has 2 N–H and O–H groups in total. The van der Waals surface area contributed by atoms with Crippen LogP contribution in [0.4, 0.5) is 11.5 Å². The number of ether oxygens (including phenoxy) is 1. The van der Waals surface area contributed by atoms with Gasteiger partial charge in [0.1, 0.15) is 5.75 Å². The maximum Gasteiger partial charge on any atom is 0.231 e. The third-order valence-electron chi connectivity index (χ3n) is 2.24. The minimum atomic E-state index is -3.33. The minimum absolute atomic E-state index is 0.276. The van der Waals surface area contributed by atoms with E-state index in [4.69, 9.17) is 4.74 Å². The molecule has 1 saturated carbocycles. The van der Waals surface area contributed by atoms with Gasteiger partial charge >= 0.3 is 0 Å². The number of hydrogen-bond acceptors (Lipinski definition) is 5. The van der Waals surface area contributed by atoms with E-state index in [-0.39, 0.29) is 11.9 Å². The summed E-state index contributed by atoms with van der Waals surface area (Å²) in [6, 6.07) is 1.73. The third-order valence-corrected chi connectivity index (χ3v) is 2.81. The highest BCUT2D eigenvalue weighted by molar-refractivity contribution is 7.92. The van der Waals surface area contributed by atoms with Gasteiger partial charge in [0, 0.05) is 13.1 Å². The molecular formula is C10H15N3O3S. The Labute approximate surface area is 100 Å². The molecule has 0 amide bonds. The van der Waals surface area contributed by atoms with E-state index in [1.807, 2.05) is 0 Å². The van der Waals surface area contributed by atoms with Gasteiger partial charge in [-0.3, -0.25) is 4.72 Å². The Morgan fingerprint density at radius 3 is 2.71 bits per heavy atom. The van der Waals surface area contributed by atoms with Crippen molar-refractivity contribution in [1.82, 2.24) is 4.98 Å². The largest absolute Gasteiger partial charge is 0.489 e. The van der Waals surface area contributed by atoms with Gasteiger partial charge in [-0.1, -0.05) is 0 Å². The molecule has 0 radical (unpaired) electrons. The summed E-state index contributed by atoms with van der Waals surface area (Å²) in [6.45, 7) is 0. The lowest BCUT2D eigenvalue weighted by molar-refractivity contribution is 0.302. The van der Waals surface area contributed by atoms with Gasteiger partial charge in [-0.25, -0.2) is 13.4 Å². The fraction of sp³-hybridized carbons (Fsp3) is 0.500. The first-order valence-electron chi connectivity index (χ1n) is 5.30. The van der Waals surface area contributed by atoms with Crippen LogP contribution >= 0.6 is 0 Å². The van der Waals surface area contributed by atoms with E-state index in [1.165, 1.54) is 6.20 Å². The summed E-state index contributed by atoms with van der Waals surface area (Å²) >= 11 is 0. The molecule has 0 spiro atoms. The number of nitrogens with one attached hydrogen (secondary N) is 2. The molecule has 17 heavy (non-hydrogen) atoms. The highest BCUT2D eigenvalue weighted by atomic mass is 32.2. The van der Waals surface area contributed by atoms with Crippen LogP contribution in [0.3, 0.4) is 0 Å². The quantitative estimate of drug-likeness (QED) is 0.823. The van der Waals surface area contributed by atoms with Gasteiger partial charge in [0.05, 0.1) is 24.2 Å². The SMILES string of the molecule is CNc1cc(OC2CC2)cnc1NS(C)(=O)=O. The molecule has 94 valence electrons. The summed E-state index contributed by atoms with van der Waals surface area (Å²) in [7, 11) is -1.63. The first kappa shape index (κ1) is 12.0. The van der Waals surface area contributed by atoms with Crippen LogP contribution in [0.1, 0.15) is 12.8 Å². The standard InChI is InChI=1S/C10H15N3O3S/c1-11-9-5-8(16-7-3-4-7)6-12-10(9)13-17(2,14)15/h5-7,11H,3-4H2,1-2H3,(H,12,13). The van der Waals surface area contributed by atoms with E-state index in [1.54, 1.807) is 13.1 Å². The van der Waals surface area contributed by atoms with Gasteiger partial charge in [0.25, 0.3) is 0 Å². The summed E-state index contributed by atoms with van der Waals surface area (Å²) < 4.78 is 30.2. The molecule has 7 heteroatoms. The number of hydrogen-bond donors (Lipinski definition) is 2. The summed E-state index contributed by atoms with van der Waals surface area (Å²) in [5.41, 5.74) is 0.591. The van der Waals surface area contributed by atoms with E-state index in [2.05, 4.69) is 15.0 Å². The highest BCUT2D eigenvalue weighted by Crippen LogP contribution is 2.30. The Balaban J connectivity index is 2.21. The van der Waals surface area contributed by atoms with Crippen molar-refractivity contribution in [2.75, 3.05) is 23.3 Å². The van der Waals surface area contributed by atoms with Crippen molar-refractivity contribution in [1.29, 1.82) is 0 Å². The Morgan fingerprint density at radius 1 is 1.47 bits per heavy atom. The molecule has 1 aromatic heterocycles. The van der Waals surface area contributed by atoms with E-state index < -0.39 is 10.0 Å². The smallest absolute Gasteiger partial charge is 0.231 e. The van der Waals surface area contributed by atoms with Crippen molar-refractivity contribution >= 4 is 21.5 Å². The van der Waals surface area contributed by atoms with Crippen molar-refractivity contribution in [3.05, 3.63) is 12.3 Å². The Bertz CT molecular complexity index is 512. The van der Waals surface area contributed by atoms with Crippen LogP contribution in [0.15, 0.2) is 12.3 Å². The second-order valence-corrected chi connectivity index (χ2v) is 5.76. The fourth-order valence-electron chi connectivity index (χ4n) is 1.34. The second kappa shape index (κ2) is 4.40. The molecule has 6 nitrogen and oxygen atoms in total. The lowest BCUT2D eigenvalue weighted by Crippen LogP contribution is -2.12. The normalized spacial score (nSPS) is 15.4. The van der Waals surface area contributed by atoms with Gasteiger partial charge in [-0.2, -0.15) is 0 Å². The zero-order valence-electron chi connectivity index (χ0n) is 9.73. The van der Waals surface area contributed by atoms with Crippen LogP contribution in [0.5, 0.6) is 5.75 Å². The topological polar surface area (TPSA) is 80.3 Å². The third kappa shape index (κ3) is 3.48. The van der Waals surface area contributed by atoms with Crippen LogP contribution < -0.4 is 14.8 Å². The summed E-state index contributed by atoms with van der Waals surface area (Å²) in [6.07, 6.45) is 5.03. The average molecular weight is 257 g/mol. The monoisotopic (exact) mass is 257 g/mol. The second-order valence-electron chi connectivity index (χ2n) is 4.01. The molecule has 1 heterocycles. The molecule has 1 aromatic rings. The zero-order chi connectivity index (χ0) is 12.5. The minimum Gasteiger partial charge on any atom is -0.489 e. The molecule has 0 bridgehead atoms. The predicted molar refractivity (Wildman–Crippen MR) is 65.9 cm³/mol. The molecule has 0 saturated heterocycles. The van der Waals surface area contributed by atoms with Crippen molar-refractivity contribution < 1.29 is 13.2 Å². The van der Waals surface area contributed by atoms with Crippen molar-refractivity contribution in [3.63, 3.8) is 0 Å². The van der Waals surface area contributed by atoms with Crippen LogP contribution in [-0.4, -0.2) is 32.8 Å². The lowest BCUT2D eigenvalue weighted by Gasteiger charge is -2.11. The number of pyridine rings is 1. The number of nitrogens with zero attached hydrogens (tertiary/aromatic N) is 1. The van der Waals surface area contributed by atoms with Crippen molar-refractivity contribution in [3.8, 4) is 5.75 Å². The Morgan fingerprint density at radius 2 is 2.18 bits per heavy atom. The number of rotatable bonds is 5. The molecule has 0 atom stereocenters. The van der Waals surface area contributed by atoms with E-state index in [0.717, 1.165) is 19.1 Å². The fourth-order valence-corrected chi connectivity index (χ4v) is 1.85. The summed E-state index contributed by atoms with van der Waals surface area (Å²) in [5.74, 6) is 0.925. The Kier molecular flexibility index (Phi) is 3.10. The summed E-state index contributed by atoms with van der Waals surface area (Å²) in [5, 5.41) is 2.88. The van der Waals surface area contributed by atoms with Gasteiger partial charge in [-0.05, 0) is 12.8 Å². The lowest BCUT2D eigenvalue weighted by atomic mass is 10.3. The average Bonchev–Trinajstić information content (AvgIpc) is 3.02. The molecule has 1 aliphatic carbocycles. The first-order valence-corrected chi connectivity index (χ1v) is 7.19. The van der Waals surface area contributed by atoms with Gasteiger partial charge < -0.3 is 10.1 Å². The maximum absolute atomic E-state index is 11.1. The number of aromatic nitrogens is 1. The zero-order valence-corrected chi connectivity index (χ0v) is 10.5. The molecule has 1 aliphatic rings. The molecule has 0 aromatic carbocycles. The van der Waals surface area contributed by atoms with Crippen molar-refractivity contribution in [2.24, 2.45) is 0 Å². The Hall–Kier alpha value is -1.50. The summed E-state index contributed by atoms with van der Waals surface area (Å²) in [4.78, 5) is 4.04. The van der Waals surface area contributed by atoms with Gasteiger partial charge in [-0.15, -0.1) is 0 Å². The van der Waals surface area contributed by atoms with Gasteiger partial charge in [0.15, 0.2) is 5.82 Å². The molecule has 0 unspecified atom stereocenters. The highest BCUT2D eigenvalue weighted by Gasteiger charge is 2.24. The van der Waals surface area contributed by atoms with Crippen molar-refractivity contribution in [2.45, 2.75) is 18.9 Å². The number of sulfonamides is 1. The molecule has 2 rings (SSSR count). The molecule has 1 fully saturated rings. The van der Waals surface area contributed by atoms with E-state index >= 15 is 0 Å². The molecular weight excluding hydrogens is 242 g/mol. The van der Waals surface area contributed by atoms with E-state index in [0.29, 0.717) is 11.4 Å². The van der Waals surface area contributed by atoms with Crippen LogP contribution in [0, 0.1) is 0 Å². The predicted octanol–water partition coefficient (Wildman–Crippen LogP) is 1.04. The van der Waals surface area contributed by atoms with Gasteiger partial charge in [0.2, 0.25) is 10.0 Å². The number of anilines is 2. The van der Waals surface area contributed by atoms with Crippen LogP contribution in [0.25, 0.3) is 0 Å². The van der Waals surface area contributed by atoms with Crippen LogP contribution in [0.2, 0.25) is 0 Å². The first-order chi connectivity index (χ1) is 7.98. The molecule has 0 aliphatic heterocycles. The van der Waals surface area contributed by atoms with E-state index in [9.17, 15) is 8.42 Å². The van der Waals surface area contributed by atoms with Crippen LogP contribution in [-0.2, 0) is 10.0 Å². The maximum atomic E-state index is 11.1.